The van der Waals surface area contributed by atoms with Crippen molar-refractivity contribution in [3.8, 4) is 0 Å². The highest BCUT2D eigenvalue weighted by Crippen LogP contribution is 2.16. The molecule has 2 rings (SSSR count). The van der Waals surface area contributed by atoms with Crippen molar-refractivity contribution in [2.24, 2.45) is 0 Å². The van der Waals surface area contributed by atoms with Crippen molar-refractivity contribution in [2.75, 3.05) is 6.26 Å². The van der Waals surface area contributed by atoms with Crippen LogP contribution in [0.3, 0.4) is 0 Å². The van der Waals surface area contributed by atoms with Crippen LogP contribution in [0.1, 0.15) is 11.1 Å². The summed E-state index contributed by atoms with van der Waals surface area (Å²) < 4.78 is 23.9. The molecule has 1 heterocycles. The molecule has 17 heavy (non-hydrogen) atoms. The van der Waals surface area contributed by atoms with E-state index in [1.54, 1.807) is 0 Å². The fourth-order valence-corrected chi connectivity index (χ4v) is 2.40. The first-order valence-corrected chi connectivity index (χ1v) is 7.16. The van der Waals surface area contributed by atoms with Gasteiger partial charge >= 0.3 is 0 Å². The third kappa shape index (κ3) is 3.04. The fraction of sp³-hybridized carbons (Fsp3) is 0.364. The van der Waals surface area contributed by atoms with Gasteiger partial charge in [0.15, 0.2) is 0 Å². The van der Waals surface area contributed by atoms with Crippen molar-refractivity contribution in [1.82, 2.24) is 10.0 Å². The van der Waals surface area contributed by atoms with Crippen molar-refractivity contribution >= 4 is 15.9 Å². The van der Waals surface area contributed by atoms with Crippen LogP contribution in [0.2, 0.25) is 0 Å². The molecule has 0 radical (unpaired) electrons. The van der Waals surface area contributed by atoms with Crippen molar-refractivity contribution in [3.05, 3.63) is 35.4 Å². The fourth-order valence-electron chi connectivity index (χ4n) is 1.89. The number of fused-ring (bicyclic) bond motifs is 1. The van der Waals surface area contributed by atoms with E-state index in [1.165, 1.54) is 0 Å². The van der Waals surface area contributed by atoms with Gasteiger partial charge in [-0.1, -0.05) is 24.3 Å². The average Bonchev–Trinajstić information content (AvgIpc) is 2.26. The Labute approximate surface area is 100 Å². The average molecular weight is 254 g/mol. The molecular weight excluding hydrogens is 240 g/mol. The predicted molar refractivity (Wildman–Crippen MR) is 63.8 cm³/mol. The maximum Gasteiger partial charge on any atom is 0.250 e. The highest BCUT2D eigenvalue weighted by Gasteiger charge is 2.25. The maximum absolute atomic E-state index is 11.7. The summed E-state index contributed by atoms with van der Waals surface area (Å²) in [4.78, 5) is 11.7. The monoisotopic (exact) mass is 254 g/mol. The van der Waals surface area contributed by atoms with E-state index >= 15 is 0 Å². The molecule has 0 spiro atoms. The Hall–Kier alpha value is -1.40. The van der Waals surface area contributed by atoms with Gasteiger partial charge < -0.3 is 5.32 Å². The summed E-state index contributed by atoms with van der Waals surface area (Å²) in [6.07, 6.45) is 1.49. The van der Waals surface area contributed by atoms with Crippen molar-refractivity contribution in [2.45, 2.75) is 19.0 Å². The van der Waals surface area contributed by atoms with Crippen LogP contribution in [0, 0.1) is 0 Å². The highest BCUT2D eigenvalue weighted by atomic mass is 32.2. The van der Waals surface area contributed by atoms with Crippen LogP contribution in [0.15, 0.2) is 24.3 Å². The molecule has 5 nitrogen and oxygen atoms in total. The summed E-state index contributed by atoms with van der Waals surface area (Å²) in [7, 11) is -3.49. The first kappa shape index (κ1) is 12.1. The lowest BCUT2D eigenvalue weighted by molar-refractivity contribution is -0.121. The Morgan fingerprint density at radius 1 is 1.35 bits per heavy atom. The number of benzene rings is 1. The Morgan fingerprint density at radius 3 is 2.65 bits per heavy atom. The van der Waals surface area contributed by atoms with Crippen LogP contribution in [0.5, 0.6) is 0 Å². The van der Waals surface area contributed by atoms with Crippen molar-refractivity contribution in [3.63, 3.8) is 0 Å². The molecule has 1 aliphatic heterocycles. The summed E-state index contributed by atoms with van der Waals surface area (Å²) in [5.41, 5.74) is 2.23. The van der Waals surface area contributed by atoms with E-state index in [4.69, 9.17) is 0 Å². The second-order valence-electron chi connectivity index (χ2n) is 4.14. The van der Waals surface area contributed by atoms with Crippen LogP contribution in [-0.4, -0.2) is 26.6 Å². The molecule has 92 valence electrons. The zero-order chi connectivity index (χ0) is 12.5. The van der Waals surface area contributed by atoms with Crippen molar-refractivity contribution in [1.29, 1.82) is 0 Å². The molecule has 0 saturated carbocycles. The SMILES string of the molecule is CS(=O)(=O)NC(=O)[C@@H]1Cc2ccccc2CN1. The maximum atomic E-state index is 11.7. The zero-order valence-electron chi connectivity index (χ0n) is 9.43. The van der Waals surface area contributed by atoms with Gasteiger partial charge in [-0.2, -0.15) is 0 Å². The minimum absolute atomic E-state index is 0.486. The minimum Gasteiger partial charge on any atom is -0.301 e. The van der Waals surface area contributed by atoms with Gasteiger partial charge in [-0.3, -0.25) is 9.52 Å². The third-order valence-corrected chi connectivity index (χ3v) is 3.26. The molecule has 0 aliphatic carbocycles. The molecule has 6 heteroatoms. The Morgan fingerprint density at radius 2 is 2.00 bits per heavy atom. The first-order chi connectivity index (χ1) is 7.96. The van der Waals surface area contributed by atoms with Crippen LogP contribution in [0.25, 0.3) is 0 Å². The largest absolute Gasteiger partial charge is 0.301 e. The van der Waals surface area contributed by atoms with Crippen LogP contribution in [0.4, 0.5) is 0 Å². The molecule has 0 saturated heterocycles. The van der Waals surface area contributed by atoms with E-state index < -0.39 is 22.0 Å². The summed E-state index contributed by atoms with van der Waals surface area (Å²) in [5, 5.41) is 3.02. The quantitative estimate of drug-likeness (QED) is 0.765. The summed E-state index contributed by atoms with van der Waals surface area (Å²) >= 11 is 0. The number of amides is 1. The standard InChI is InChI=1S/C11H14N2O3S/c1-17(15,16)13-11(14)10-6-8-4-2-3-5-9(8)7-12-10/h2-5,10,12H,6-7H2,1H3,(H,13,14)/t10-/m0/s1. The summed E-state index contributed by atoms with van der Waals surface area (Å²) in [6.45, 7) is 0.581. The molecule has 0 fully saturated rings. The number of sulfonamides is 1. The van der Waals surface area contributed by atoms with E-state index in [2.05, 4.69) is 5.32 Å². The van der Waals surface area contributed by atoms with Gasteiger partial charge in [0, 0.05) is 6.54 Å². The molecule has 0 bridgehead atoms. The van der Waals surface area contributed by atoms with E-state index in [0.29, 0.717) is 13.0 Å². The molecule has 1 aromatic rings. The lowest BCUT2D eigenvalue weighted by Crippen LogP contribution is -2.48. The molecule has 1 aromatic carbocycles. The van der Waals surface area contributed by atoms with E-state index in [1.807, 2.05) is 29.0 Å². The number of rotatable bonds is 2. The Bertz CT molecular complexity index is 539. The van der Waals surface area contributed by atoms with Gasteiger partial charge in [0.1, 0.15) is 0 Å². The normalized spacial score (nSPS) is 19.5. The van der Waals surface area contributed by atoms with Gasteiger partial charge in [0.05, 0.1) is 12.3 Å². The van der Waals surface area contributed by atoms with E-state index in [-0.39, 0.29) is 0 Å². The number of carbonyl (C=O) groups excluding carboxylic acids is 1. The Balaban J connectivity index is 2.10. The van der Waals surface area contributed by atoms with Crippen LogP contribution in [-0.2, 0) is 27.8 Å². The summed E-state index contributed by atoms with van der Waals surface area (Å²) in [5.74, 6) is -0.498. The van der Waals surface area contributed by atoms with Gasteiger partial charge in [-0.25, -0.2) is 8.42 Å². The smallest absolute Gasteiger partial charge is 0.250 e. The van der Waals surface area contributed by atoms with Crippen LogP contribution < -0.4 is 10.0 Å². The third-order valence-electron chi connectivity index (χ3n) is 2.68. The van der Waals surface area contributed by atoms with Gasteiger partial charge in [0.2, 0.25) is 10.0 Å². The highest BCUT2D eigenvalue weighted by molar-refractivity contribution is 7.89. The molecule has 0 unspecified atom stereocenters. The lowest BCUT2D eigenvalue weighted by Gasteiger charge is -2.24. The lowest BCUT2D eigenvalue weighted by atomic mass is 9.96. The number of nitrogens with one attached hydrogen (secondary N) is 2. The zero-order valence-corrected chi connectivity index (χ0v) is 10.3. The number of hydrogen-bond donors (Lipinski definition) is 2. The molecular formula is C11H14N2O3S. The van der Waals surface area contributed by atoms with Crippen LogP contribution >= 0.6 is 0 Å². The van der Waals surface area contributed by atoms with Gasteiger partial charge in [-0.05, 0) is 17.5 Å². The first-order valence-electron chi connectivity index (χ1n) is 5.27. The minimum atomic E-state index is -3.49. The molecule has 1 aliphatic rings. The second-order valence-corrected chi connectivity index (χ2v) is 5.89. The summed E-state index contributed by atoms with van der Waals surface area (Å²) in [6, 6.07) is 7.32. The van der Waals surface area contributed by atoms with Gasteiger partial charge in [0.25, 0.3) is 5.91 Å². The molecule has 1 atom stereocenters. The molecule has 0 aromatic heterocycles. The van der Waals surface area contributed by atoms with Crippen molar-refractivity contribution < 1.29 is 13.2 Å². The van der Waals surface area contributed by atoms with E-state index in [0.717, 1.165) is 17.4 Å². The Kier molecular flexibility index (Phi) is 3.17. The number of carbonyl (C=O) groups is 1. The predicted octanol–water partition coefficient (Wildman–Crippen LogP) is -0.223. The topological polar surface area (TPSA) is 75.3 Å². The number of hydrogen-bond acceptors (Lipinski definition) is 4. The molecule has 2 N–H and O–H groups in total. The van der Waals surface area contributed by atoms with Gasteiger partial charge in [-0.15, -0.1) is 0 Å². The molecule has 1 amide bonds. The second kappa shape index (κ2) is 4.46. The van der Waals surface area contributed by atoms with E-state index in [9.17, 15) is 13.2 Å².